The van der Waals surface area contributed by atoms with Gasteiger partial charge in [0.1, 0.15) is 11.8 Å². The zero-order valence-electron chi connectivity index (χ0n) is 11.2. The third kappa shape index (κ3) is 2.40. The van der Waals surface area contributed by atoms with E-state index in [1.165, 1.54) is 6.20 Å². The van der Waals surface area contributed by atoms with Crippen LogP contribution in [0.1, 0.15) is 6.92 Å². The van der Waals surface area contributed by atoms with Gasteiger partial charge in [0.05, 0.1) is 4.92 Å². The molecule has 2 aromatic heterocycles. The van der Waals surface area contributed by atoms with Crippen LogP contribution in [0.25, 0.3) is 22.4 Å². The van der Waals surface area contributed by atoms with Crippen molar-refractivity contribution in [1.29, 1.82) is 0 Å². The average molecular weight is 284 g/mol. The van der Waals surface area contributed by atoms with Gasteiger partial charge in [-0.15, -0.1) is 0 Å². The van der Waals surface area contributed by atoms with E-state index >= 15 is 0 Å². The lowest BCUT2D eigenvalue weighted by molar-refractivity contribution is -0.384. The van der Waals surface area contributed by atoms with Gasteiger partial charge in [-0.05, 0) is 19.1 Å². The molecule has 0 spiro atoms. The first-order valence-electron chi connectivity index (χ1n) is 6.43. The number of anilines is 1. The van der Waals surface area contributed by atoms with E-state index in [2.05, 4.69) is 15.3 Å². The number of para-hydroxylation sites is 1. The number of hydrogen-bond donors (Lipinski definition) is 1. The van der Waals surface area contributed by atoms with Crippen LogP contribution >= 0.6 is 0 Å². The molecule has 21 heavy (non-hydrogen) atoms. The fourth-order valence-corrected chi connectivity index (χ4v) is 2.03. The van der Waals surface area contributed by atoms with E-state index in [0.717, 1.165) is 5.39 Å². The summed E-state index contributed by atoms with van der Waals surface area (Å²) < 4.78 is 5.66. The molecule has 0 saturated heterocycles. The monoisotopic (exact) mass is 284 g/mol. The van der Waals surface area contributed by atoms with Crippen molar-refractivity contribution in [3.63, 3.8) is 0 Å². The lowest BCUT2D eigenvalue weighted by Crippen LogP contribution is -2.04. The minimum absolute atomic E-state index is 0.169. The average Bonchev–Trinajstić information content (AvgIpc) is 2.91. The van der Waals surface area contributed by atoms with E-state index in [9.17, 15) is 10.1 Å². The third-order valence-corrected chi connectivity index (χ3v) is 2.96. The predicted molar refractivity (Wildman–Crippen MR) is 78.1 cm³/mol. The Morgan fingerprint density at radius 1 is 1.38 bits per heavy atom. The van der Waals surface area contributed by atoms with Gasteiger partial charge in [-0.25, -0.2) is 9.97 Å². The summed E-state index contributed by atoms with van der Waals surface area (Å²) in [7, 11) is 0. The summed E-state index contributed by atoms with van der Waals surface area (Å²) in [5, 5.41) is 14.9. The molecular formula is C14H12N4O3. The number of nitrogens with one attached hydrogen (secondary N) is 1. The molecular weight excluding hydrogens is 272 g/mol. The van der Waals surface area contributed by atoms with Gasteiger partial charge in [0.25, 0.3) is 0 Å². The fraction of sp³-hybridized carbons (Fsp3) is 0.143. The Morgan fingerprint density at radius 2 is 2.19 bits per heavy atom. The number of benzene rings is 1. The summed E-state index contributed by atoms with van der Waals surface area (Å²) in [6.07, 6.45) is 1.19. The lowest BCUT2D eigenvalue weighted by atomic mass is 10.2. The number of fused-ring (bicyclic) bond motifs is 1. The van der Waals surface area contributed by atoms with Crippen LogP contribution in [0.4, 0.5) is 11.6 Å². The maximum atomic E-state index is 11.1. The molecule has 0 unspecified atom stereocenters. The standard InChI is InChI=1S/C14H12N4O3/c1-2-15-14-16-8-10(18(19)20)13(17-14)12-7-9-5-3-4-6-11(9)21-12/h3-8H,2H2,1H3,(H,15,16,17). The topological polar surface area (TPSA) is 94.1 Å². The molecule has 0 radical (unpaired) electrons. The van der Waals surface area contributed by atoms with Crippen molar-refractivity contribution in [1.82, 2.24) is 9.97 Å². The highest BCUT2D eigenvalue weighted by Crippen LogP contribution is 2.32. The molecule has 0 aliphatic heterocycles. The molecule has 0 saturated carbocycles. The molecule has 0 aliphatic rings. The zero-order valence-corrected chi connectivity index (χ0v) is 11.2. The summed E-state index contributed by atoms with van der Waals surface area (Å²) in [4.78, 5) is 18.7. The third-order valence-electron chi connectivity index (χ3n) is 2.96. The summed E-state index contributed by atoms with van der Waals surface area (Å²) in [6.45, 7) is 2.52. The number of nitrogens with zero attached hydrogens (tertiary/aromatic N) is 3. The first-order valence-corrected chi connectivity index (χ1v) is 6.43. The molecule has 0 amide bonds. The van der Waals surface area contributed by atoms with E-state index in [4.69, 9.17) is 4.42 Å². The van der Waals surface area contributed by atoms with Gasteiger partial charge in [-0.3, -0.25) is 10.1 Å². The van der Waals surface area contributed by atoms with Crippen molar-refractivity contribution in [2.75, 3.05) is 11.9 Å². The van der Waals surface area contributed by atoms with Crippen molar-refractivity contribution < 1.29 is 9.34 Å². The highest BCUT2D eigenvalue weighted by Gasteiger charge is 2.22. The smallest absolute Gasteiger partial charge is 0.317 e. The zero-order chi connectivity index (χ0) is 14.8. The Bertz CT molecular complexity index is 780. The highest BCUT2D eigenvalue weighted by atomic mass is 16.6. The number of furan rings is 1. The fourth-order valence-electron chi connectivity index (χ4n) is 2.03. The molecule has 1 N–H and O–H groups in total. The molecule has 106 valence electrons. The van der Waals surface area contributed by atoms with Gasteiger partial charge in [-0.2, -0.15) is 0 Å². The molecule has 3 rings (SSSR count). The van der Waals surface area contributed by atoms with Crippen LogP contribution < -0.4 is 5.32 Å². The molecule has 7 nitrogen and oxygen atoms in total. The van der Waals surface area contributed by atoms with Gasteiger partial charge >= 0.3 is 5.69 Å². The summed E-state index contributed by atoms with van der Waals surface area (Å²) >= 11 is 0. The predicted octanol–water partition coefficient (Wildman–Crippen LogP) is 3.23. The van der Waals surface area contributed by atoms with Crippen molar-refractivity contribution in [3.05, 3.63) is 46.6 Å². The normalized spacial score (nSPS) is 10.7. The van der Waals surface area contributed by atoms with E-state index in [1.54, 1.807) is 12.1 Å². The molecule has 0 atom stereocenters. The number of rotatable bonds is 4. The van der Waals surface area contributed by atoms with Crippen LogP contribution in [0.5, 0.6) is 0 Å². The minimum Gasteiger partial charge on any atom is -0.454 e. The molecule has 0 bridgehead atoms. The van der Waals surface area contributed by atoms with Crippen LogP contribution in [-0.2, 0) is 0 Å². The van der Waals surface area contributed by atoms with E-state index in [-0.39, 0.29) is 11.4 Å². The molecule has 1 aromatic carbocycles. The Hall–Kier alpha value is -2.96. The van der Waals surface area contributed by atoms with E-state index in [1.807, 2.05) is 25.1 Å². The summed E-state index contributed by atoms with van der Waals surface area (Å²) in [5.74, 6) is 0.683. The first kappa shape index (κ1) is 13.0. The van der Waals surface area contributed by atoms with E-state index in [0.29, 0.717) is 23.8 Å². The van der Waals surface area contributed by atoms with E-state index < -0.39 is 4.92 Å². The Labute approximate surface area is 119 Å². The van der Waals surface area contributed by atoms with Crippen LogP contribution in [0.2, 0.25) is 0 Å². The summed E-state index contributed by atoms with van der Waals surface area (Å²) in [5.41, 5.74) is 0.642. The van der Waals surface area contributed by atoms with Gasteiger partial charge in [0.2, 0.25) is 5.95 Å². The van der Waals surface area contributed by atoms with Crippen LogP contribution in [0.15, 0.2) is 40.9 Å². The number of aromatic nitrogens is 2. The number of nitro groups is 1. The Kier molecular flexibility index (Phi) is 3.23. The second-order valence-electron chi connectivity index (χ2n) is 4.36. The van der Waals surface area contributed by atoms with Crippen molar-refractivity contribution >= 4 is 22.6 Å². The van der Waals surface area contributed by atoms with Gasteiger partial charge < -0.3 is 9.73 Å². The van der Waals surface area contributed by atoms with Gasteiger partial charge in [0, 0.05) is 11.9 Å². The lowest BCUT2D eigenvalue weighted by Gasteiger charge is -2.03. The maximum Gasteiger partial charge on any atom is 0.317 e. The maximum absolute atomic E-state index is 11.1. The minimum atomic E-state index is -0.516. The Balaban J connectivity index is 2.18. The second kappa shape index (κ2) is 5.20. The summed E-state index contributed by atoms with van der Waals surface area (Å²) in [6, 6.07) is 9.13. The van der Waals surface area contributed by atoms with Crippen molar-refractivity contribution in [2.24, 2.45) is 0 Å². The molecule has 2 heterocycles. The largest absolute Gasteiger partial charge is 0.454 e. The molecule has 0 fully saturated rings. The quantitative estimate of drug-likeness (QED) is 0.584. The number of hydrogen-bond acceptors (Lipinski definition) is 6. The van der Waals surface area contributed by atoms with Crippen LogP contribution in [-0.4, -0.2) is 21.4 Å². The first-order chi connectivity index (χ1) is 10.2. The van der Waals surface area contributed by atoms with Gasteiger partial charge in [0.15, 0.2) is 11.5 Å². The van der Waals surface area contributed by atoms with Gasteiger partial charge in [-0.1, -0.05) is 18.2 Å². The molecule has 3 aromatic rings. The highest BCUT2D eigenvalue weighted by molar-refractivity contribution is 5.83. The molecule has 7 heteroatoms. The van der Waals surface area contributed by atoms with Crippen molar-refractivity contribution in [3.8, 4) is 11.5 Å². The van der Waals surface area contributed by atoms with Crippen LogP contribution in [0, 0.1) is 10.1 Å². The van der Waals surface area contributed by atoms with Crippen LogP contribution in [0.3, 0.4) is 0 Å². The second-order valence-corrected chi connectivity index (χ2v) is 4.36. The SMILES string of the molecule is CCNc1ncc([N+](=O)[O-])c(-c2cc3ccccc3o2)n1. The van der Waals surface area contributed by atoms with Crippen molar-refractivity contribution in [2.45, 2.75) is 6.92 Å². The molecule has 0 aliphatic carbocycles. The Morgan fingerprint density at radius 3 is 2.90 bits per heavy atom.